The van der Waals surface area contributed by atoms with Crippen LogP contribution in [0.1, 0.15) is 22.3 Å². The standard InChI is InChI=1S/C28H25BrN2O3S2/c1-18-14-22(29)15-19(2)26(18)30-25(32)17-34-23-10-8-21(9-11-23)16-24-27(33)31(28(35)36-24)13-12-20-6-4-3-5-7-20/h3-11,14-16H,12-13,17H2,1-2H3,(H,30,32)/b24-16-. The van der Waals surface area contributed by atoms with E-state index in [4.69, 9.17) is 17.0 Å². The lowest BCUT2D eigenvalue weighted by Gasteiger charge is -2.14. The van der Waals surface area contributed by atoms with Crippen molar-refractivity contribution >= 4 is 67.8 Å². The molecule has 1 aliphatic heterocycles. The molecule has 0 spiro atoms. The van der Waals surface area contributed by atoms with Gasteiger partial charge < -0.3 is 10.1 Å². The topological polar surface area (TPSA) is 58.6 Å². The van der Waals surface area contributed by atoms with E-state index in [9.17, 15) is 9.59 Å². The molecule has 1 saturated heterocycles. The number of ether oxygens (including phenoxy) is 1. The molecule has 5 nitrogen and oxygen atoms in total. The zero-order chi connectivity index (χ0) is 25.7. The summed E-state index contributed by atoms with van der Waals surface area (Å²) in [5.41, 5.74) is 4.77. The molecule has 3 aromatic rings. The number of benzene rings is 3. The molecule has 3 aromatic carbocycles. The van der Waals surface area contributed by atoms with Crippen molar-refractivity contribution in [1.29, 1.82) is 0 Å². The second kappa shape index (κ2) is 11.9. The molecule has 4 rings (SSSR count). The van der Waals surface area contributed by atoms with Crippen molar-refractivity contribution < 1.29 is 14.3 Å². The minimum atomic E-state index is -0.230. The first kappa shape index (κ1) is 26.1. The van der Waals surface area contributed by atoms with Crippen molar-refractivity contribution in [2.24, 2.45) is 0 Å². The Morgan fingerprint density at radius 2 is 1.75 bits per heavy atom. The molecule has 184 valence electrons. The second-order valence-corrected chi connectivity index (χ2v) is 11.0. The maximum absolute atomic E-state index is 12.9. The molecule has 0 unspecified atom stereocenters. The molecule has 0 bridgehead atoms. The van der Waals surface area contributed by atoms with E-state index in [1.807, 2.05) is 74.5 Å². The van der Waals surface area contributed by atoms with Gasteiger partial charge in [-0.1, -0.05) is 82.4 Å². The number of thiocarbonyl (C=S) groups is 1. The van der Waals surface area contributed by atoms with E-state index in [1.165, 1.54) is 17.3 Å². The van der Waals surface area contributed by atoms with Crippen LogP contribution < -0.4 is 10.1 Å². The van der Waals surface area contributed by atoms with Gasteiger partial charge in [0.2, 0.25) is 0 Å². The number of nitrogens with zero attached hydrogens (tertiary/aromatic N) is 1. The zero-order valence-corrected chi connectivity index (χ0v) is 23.1. The maximum atomic E-state index is 12.9. The van der Waals surface area contributed by atoms with Crippen molar-refractivity contribution in [2.45, 2.75) is 20.3 Å². The molecule has 2 amide bonds. The van der Waals surface area contributed by atoms with E-state index < -0.39 is 0 Å². The van der Waals surface area contributed by atoms with Crippen LogP contribution >= 0.6 is 39.9 Å². The van der Waals surface area contributed by atoms with E-state index >= 15 is 0 Å². The Kier molecular flexibility index (Phi) is 8.61. The molecule has 36 heavy (non-hydrogen) atoms. The molecule has 1 fully saturated rings. The average molecular weight is 582 g/mol. The number of thioether (sulfide) groups is 1. The van der Waals surface area contributed by atoms with Gasteiger partial charge >= 0.3 is 0 Å². The minimum absolute atomic E-state index is 0.0727. The Balaban J connectivity index is 1.32. The largest absolute Gasteiger partial charge is 0.484 e. The molecular formula is C28H25BrN2O3S2. The monoisotopic (exact) mass is 580 g/mol. The Hall–Kier alpha value is -2.94. The number of nitrogens with one attached hydrogen (secondary N) is 1. The fourth-order valence-corrected chi connectivity index (χ4v) is 5.82. The van der Waals surface area contributed by atoms with Gasteiger partial charge in [-0.25, -0.2) is 0 Å². The molecule has 1 N–H and O–H groups in total. The van der Waals surface area contributed by atoms with E-state index in [0.29, 0.717) is 21.5 Å². The van der Waals surface area contributed by atoms with Gasteiger partial charge in [-0.05, 0) is 72.9 Å². The van der Waals surface area contributed by atoms with Crippen molar-refractivity contribution in [3.8, 4) is 5.75 Å². The van der Waals surface area contributed by atoms with Gasteiger partial charge in [0.1, 0.15) is 10.1 Å². The third kappa shape index (κ3) is 6.63. The summed E-state index contributed by atoms with van der Waals surface area (Å²) in [7, 11) is 0. The van der Waals surface area contributed by atoms with Crippen molar-refractivity contribution in [3.05, 3.63) is 98.4 Å². The number of hydrogen-bond acceptors (Lipinski definition) is 5. The van der Waals surface area contributed by atoms with E-state index in [-0.39, 0.29) is 18.4 Å². The van der Waals surface area contributed by atoms with Gasteiger partial charge in [-0.2, -0.15) is 0 Å². The van der Waals surface area contributed by atoms with Crippen LogP contribution in [0.4, 0.5) is 5.69 Å². The fourth-order valence-electron chi connectivity index (χ4n) is 3.82. The predicted molar refractivity (Wildman–Crippen MR) is 154 cm³/mol. The number of carbonyl (C=O) groups excluding carboxylic acids is 2. The normalized spacial score (nSPS) is 14.4. The molecule has 1 heterocycles. The zero-order valence-electron chi connectivity index (χ0n) is 19.9. The summed E-state index contributed by atoms with van der Waals surface area (Å²) in [6.45, 7) is 4.35. The maximum Gasteiger partial charge on any atom is 0.266 e. The van der Waals surface area contributed by atoms with Crippen LogP contribution in [0.15, 0.2) is 76.1 Å². The summed E-state index contributed by atoms with van der Waals surface area (Å²) < 4.78 is 7.20. The number of rotatable bonds is 8. The van der Waals surface area contributed by atoms with Gasteiger partial charge in [-0.15, -0.1) is 0 Å². The predicted octanol–water partition coefficient (Wildman–Crippen LogP) is 6.53. The van der Waals surface area contributed by atoms with E-state index in [2.05, 4.69) is 21.2 Å². The Morgan fingerprint density at radius 3 is 2.42 bits per heavy atom. The molecule has 8 heteroatoms. The first-order valence-electron chi connectivity index (χ1n) is 11.4. The van der Waals surface area contributed by atoms with E-state index in [1.54, 1.807) is 17.0 Å². The highest BCUT2D eigenvalue weighted by atomic mass is 79.9. The van der Waals surface area contributed by atoms with Crippen molar-refractivity contribution in [2.75, 3.05) is 18.5 Å². The second-order valence-electron chi connectivity index (χ2n) is 8.39. The van der Waals surface area contributed by atoms with Crippen LogP contribution in [0.2, 0.25) is 0 Å². The fraction of sp³-hybridized carbons (Fsp3) is 0.179. The molecule has 1 aliphatic rings. The highest BCUT2D eigenvalue weighted by Crippen LogP contribution is 2.33. The Bertz CT molecular complexity index is 1300. The molecular weight excluding hydrogens is 556 g/mol. The lowest BCUT2D eigenvalue weighted by molar-refractivity contribution is -0.122. The third-order valence-corrected chi connectivity index (χ3v) is 7.49. The van der Waals surface area contributed by atoms with Crippen LogP contribution in [0.25, 0.3) is 6.08 Å². The molecule has 0 atom stereocenters. The third-order valence-electron chi connectivity index (χ3n) is 5.65. The molecule has 0 saturated carbocycles. The quantitative estimate of drug-likeness (QED) is 0.242. The van der Waals surface area contributed by atoms with Gasteiger partial charge in [-0.3, -0.25) is 14.5 Å². The smallest absolute Gasteiger partial charge is 0.266 e. The first-order chi connectivity index (χ1) is 17.3. The number of carbonyl (C=O) groups is 2. The van der Waals surface area contributed by atoms with Crippen LogP contribution in [-0.2, 0) is 16.0 Å². The lowest BCUT2D eigenvalue weighted by atomic mass is 10.1. The number of anilines is 1. The van der Waals surface area contributed by atoms with Gasteiger partial charge in [0, 0.05) is 16.7 Å². The minimum Gasteiger partial charge on any atom is -0.484 e. The first-order valence-corrected chi connectivity index (χ1v) is 13.4. The summed E-state index contributed by atoms with van der Waals surface area (Å²) in [5, 5.41) is 2.92. The molecule has 0 radical (unpaired) electrons. The summed E-state index contributed by atoms with van der Waals surface area (Å²) in [5.74, 6) is 0.269. The van der Waals surface area contributed by atoms with Crippen LogP contribution in [0.3, 0.4) is 0 Å². The lowest BCUT2D eigenvalue weighted by Crippen LogP contribution is -2.30. The number of halogens is 1. The summed E-state index contributed by atoms with van der Waals surface area (Å²) in [6, 6.07) is 21.2. The number of hydrogen-bond donors (Lipinski definition) is 1. The number of aryl methyl sites for hydroxylation is 2. The SMILES string of the molecule is Cc1cc(Br)cc(C)c1NC(=O)COc1ccc(/C=C2\SC(=S)N(CCc3ccccc3)C2=O)cc1. The van der Waals surface area contributed by atoms with E-state index in [0.717, 1.165) is 33.3 Å². The highest BCUT2D eigenvalue weighted by Gasteiger charge is 2.31. The summed E-state index contributed by atoms with van der Waals surface area (Å²) >= 11 is 10.2. The van der Waals surface area contributed by atoms with Crippen LogP contribution in [0, 0.1) is 13.8 Å². The van der Waals surface area contributed by atoms with Crippen molar-refractivity contribution in [1.82, 2.24) is 4.90 Å². The highest BCUT2D eigenvalue weighted by molar-refractivity contribution is 9.10. The Labute approximate surface area is 229 Å². The van der Waals surface area contributed by atoms with Gasteiger partial charge in [0.05, 0.1) is 4.91 Å². The number of amides is 2. The molecule has 0 aromatic heterocycles. The Morgan fingerprint density at radius 1 is 1.08 bits per heavy atom. The van der Waals surface area contributed by atoms with Crippen molar-refractivity contribution in [3.63, 3.8) is 0 Å². The average Bonchev–Trinajstić information content (AvgIpc) is 3.12. The summed E-state index contributed by atoms with van der Waals surface area (Å²) in [4.78, 5) is 27.5. The molecule has 0 aliphatic carbocycles. The summed E-state index contributed by atoms with van der Waals surface area (Å²) in [6.07, 6.45) is 2.58. The van der Waals surface area contributed by atoms with Crippen LogP contribution in [-0.4, -0.2) is 34.2 Å². The van der Waals surface area contributed by atoms with Gasteiger partial charge in [0.25, 0.3) is 11.8 Å². The van der Waals surface area contributed by atoms with Crippen LogP contribution in [0.5, 0.6) is 5.75 Å². The van der Waals surface area contributed by atoms with Gasteiger partial charge in [0.15, 0.2) is 6.61 Å².